The Morgan fingerprint density at radius 2 is 2.10 bits per heavy atom. The van der Waals surface area contributed by atoms with Crippen LogP contribution in [0.2, 0.25) is 0 Å². The first-order valence-electron chi connectivity index (χ1n) is 6.35. The fourth-order valence-electron chi connectivity index (χ4n) is 2.31. The Bertz CT molecular complexity index is 629. The smallest absolute Gasteiger partial charge is 0.322 e. The molecule has 0 spiro atoms. The van der Waals surface area contributed by atoms with E-state index in [0.717, 1.165) is 16.3 Å². The average Bonchev–Trinajstić information content (AvgIpc) is 2.41. The van der Waals surface area contributed by atoms with Crippen molar-refractivity contribution in [3.8, 4) is 0 Å². The highest BCUT2D eigenvalue weighted by Gasteiger charge is 2.37. The van der Waals surface area contributed by atoms with Crippen molar-refractivity contribution in [3.05, 3.63) is 28.2 Å². The Morgan fingerprint density at radius 3 is 2.70 bits per heavy atom. The molecule has 0 saturated carbocycles. The van der Waals surface area contributed by atoms with Gasteiger partial charge >= 0.3 is 5.97 Å². The van der Waals surface area contributed by atoms with E-state index in [-0.39, 0.29) is 11.4 Å². The first-order chi connectivity index (χ1) is 9.34. The number of hydrogen-bond acceptors (Lipinski definition) is 3. The lowest BCUT2D eigenvalue weighted by atomic mass is 10.1. The van der Waals surface area contributed by atoms with Crippen LogP contribution >= 0.6 is 15.9 Å². The topological polar surface area (TPSA) is 74.7 Å². The lowest BCUT2D eigenvalue weighted by Crippen LogP contribution is -2.47. The van der Waals surface area contributed by atoms with Gasteiger partial charge < -0.3 is 5.11 Å². The van der Waals surface area contributed by atoms with Crippen LogP contribution in [0.15, 0.2) is 27.6 Å². The van der Waals surface area contributed by atoms with Gasteiger partial charge in [0.05, 0.1) is 4.90 Å². The van der Waals surface area contributed by atoms with E-state index in [2.05, 4.69) is 15.9 Å². The van der Waals surface area contributed by atoms with Gasteiger partial charge in [-0.15, -0.1) is 0 Å². The molecule has 1 atom stereocenters. The van der Waals surface area contributed by atoms with Crippen LogP contribution < -0.4 is 0 Å². The molecule has 2 rings (SSSR count). The van der Waals surface area contributed by atoms with Gasteiger partial charge in [0, 0.05) is 11.0 Å². The highest BCUT2D eigenvalue weighted by atomic mass is 79.9. The summed E-state index contributed by atoms with van der Waals surface area (Å²) >= 11 is 3.31. The molecular formula is C13H16BrNO4S. The van der Waals surface area contributed by atoms with Crippen LogP contribution in [-0.4, -0.2) is 36.4 Å². The van der Waals surface area contributed by atoms with Crippen molar-refractivity contribution in [1.29, 1.82) is 0 Å². The van der Waals surface area contributed by atoms with E-state index in [0.29, 0.717) is 17.3 Å². The van der Waals surface area contributed by atoms with E-state index in [1.165, 1.54) is 12.1 Å². The summed E-state index contributed by atoms with van der Waals surface area (Å²) in [6.45, 7) is 2.12. The Morgan fingerprint density at radius 1 is 1.40 bits per heavy atom. The highest BCUT2D eigenvalue weighted by molar-refractivity contribution is 9.10. The second-order valence-corrected chi connectivity index (χ2v) is 7.62. The molecule has 1 heterocycles. The van der Waals surface area contributed by atoms with Crippen LogP contribution in [0.5, 0.6) is 0 Å². The van der Waals surface area contributed by atoms with Gasteiger partial charge in [0.2, 0.25) is 10.0 Å². The maximum Gasteiger partial charge on any atom is 0.322 e. The number of benzene rings is 1. The predicted molar refractivity (Wildman–Crippen MR) is 78.0 cm³/mol. The Kier molecular flexibility index (Phi) is 4.51. The number of halogens is 1. The standard InChI is InChI=1S/C13H16BrNO4S/c1-9-5-6-10(8-11(9)14)20(18,19)15-7-3-2-4-12(15)13(16)17/h5-6,8,12H,2-4,7H2,1H3,(H,16,17). The second kappa shape index (κ2) is 5.83. The predicted octanol–water partition coefficient (Wildman–Crippen LogP) is 2.39. The molecule has 1 unspecified atom stereocenters. The number of carboxylic acids is 1. The number of aliphatic carboxylic acids is 1. The molecule has 0 radical (unpaired) electrons. The van der Waals surface area contributed by atoms with Crippen molar-refractivity contribution in [3.63, 3.8) is 0 Å². The maximum atomic E-state index is 12.6. The third-order valence-electron chi connectivity index (χ3n) is 3.49. The van der Waals surface area contributed by atoms with Crippen molar-refractivity contribution in [2.24, 2.45) is 0 Å². The molecule has 5 nitrogen and oxygen atoms in total. The molecule has 7 heteroatoms. The Labute approximate surface area is 126 Å². The van der Waals surface area contributed by atoms with Crippen LogP contribution in [0.1, 0.15) is 24.8 Å². The van der Waals surface area contributed by atoms with Crippen molar-refractivity contribution < 1.29 is 18.3 Å². The third-order valence-corrected chi connectivity index (χ3v) is 6.25. The number of carbonyl (C=O) groups is 1. The molecule has 0 aliphatic carbocycles. The molecule has 0 aromatic heterocycles. The van der Waals surface area contributed by atoms with Crippen LogP contribution in [0, 0.1) is 6.92 Å². The molecule has 0 amide bonds. The van der Waals surface area contributed by atoms with Crippen molar-refractivity contribution in [1.82, 2.24) is 4.31 Å². The molecule has 1 saturated heterocycles. The van der Waals surface area contributed by atoms with Gasteiger partial charge in [-0.1, -0.05) is 22.0 Å². The second-order valence-electron chi connectivity index (χ2n) is 4.88. The lowest BCUT2D eigenvalue weighted by Gasteiger charge is -2.31. The Hall–Kier alpha value is -0.920. The van der Waals surface area contributed by atoms with E-state index in [1.54, 1.807) is 6.07 Å². The summed E-state index contributed by atoms with van der Waals surface area (Å²) in [7, 11) is -3.77. The minimum absolute atomic E-state index is 0.128. The van der Waals surface area contributed by atoms with Gasteiger partial charge in [0.25, 0.3) is 0 Å². The number of rotatable bonds is 3. The summed E-state index contributed by atoms with van der Waals surface area (Å²) in [5.74, 6) is -1.08. The monoisotopic (exact) mass is 361 g/mol. The minimum atomic E-state index is -3.77. The van der Waals surface area contributed by atoms with Gasteiger partial charge in [-0.3, -0.25) is 4.79 Å². The van der Waals surface area contributed by atoms with Crippen molar-refractivity contribution >= 4 is 31.9 Å². The summed E-state index contributed by atoms with van der Waals surface area (Å²) in [6, 6.07) is 3.78. The van der Waals surface area contributed by atoms with Gasteiger partial charge in [-0.25, -0.2) is 8.42 Å². The SMILES string of the molecule is Cc1ccc(S(=O)(=O)N2CCCCC2C(=O)O)cc1Br. The first kappa shape index (κ1) is 15.5. The first-order valence-corrected chi connectivity index (χ1v) is 8.58. The van der Waals surface area contributed by atoms with Crippen molar-refractivity contribution in [2.75, 3.05) is 6.54 Å². The number of hydrogen-bond donors (Lipinski definition) is 1. The summed E-state index contributed by atoms with van der Waals surface area (Å²) in [5.41, 5.74) is 0.928. The molecule has 1 aromatic carbocycles. The van der Waals surface area contributed by atoms with Crippen LogP contribution in [0.4, 0.5) is 0 Å². The molecule has 110 valence electrons. The highest BCUT2D eigenvalue weighted by Crippen LogP contribution is 2.28. The van der Waals surface area contributed by atoms with E-state index in [9.17, 15) is 18.3 Å². The molecular weight excluding hydrogens is 346 g/mol. The number of nitrogens with zero attached hydrogens (tertiary/aromatic N) is 1. The molecule has 0 bridgehead atoms. The van der Waals surface area contributed by atoms with E-state index in [1.807, 2.05) is 6.92 Å². The normalized spacial score (nSPS) is 20.8. The molecule has 20 heavy (non-hydrogen) atoms. The fraction of sp³-hybridized carbons (Fsp3) is 0.462. The quantitative estimate of drug-likeness (QED) is 0.896. The zero-order valence-electron chi connectivity index (χ0n) is 11.0. The number of carboxylic acid groups (broad SMARTS) is 1. The van der Waals surface area contributed by atoms with Crippen LogP contribution in [0.25, 0.3) is 0 Å². The van der Waals surface area contributed by atoms with Gasteiger partial charge in [-0.2, -0.15) is 4.31 Å². The van der Waals surface area contributed by atoms with Gasteiger partial charge in [-0.05, 0) is 43.9 Å². The molecule has 1 aliphatic rings. The fourth-order valence-corrected chi connectivity index (χ4v) is 4.52. The third kappa shape index (κ3) is 2.89. The average molecular weight is 362 g/mol. The van der Waals surface area contributed by atoms with Gasteiger partial charge in [0.15, 0.2) is 0 Å². The summed E-state index contributed by atoms with van der Waals surface area (Å²) in [4.78, 5) is 11.4. The zero-order valence-corrected chi connectivity index (χ0v) is 13.4. The van der Waals surface area contributed by atoms with E-state index >= 15 is 0 Å². The van der Waals surface area contributed by atoms with E-state index < -0.39 is 22.0 Å². The molecule has 1 fully saturated rings. The zero-order chi connectivity index (χ0) is 14.9. The summed E-state index contributed by atoms with van der Waals surface area (Å²) < 4.78 is 27.0. The Balaban J connectivity index is 2.42. The largest absolute Gasteiger partial charge is 0.480 e. The van der Waals surface area contributed by atoms with Crippen LogP contribution in [-0.2, 0) is 14.8 Å². The summed E-state index contributed by atoms with van der Waals surface area (Å²) in [5, 5.41) is 9.20. The molecule has 1 N–H and O–H groups in total. The van der Waals surface area contributed by atoms with Crippen molar-refractivity contribution in [2.45, 2.75) is 37.1 Å². The number of aryl methyl sites for hydroxylation is 1. The minimum Gasteiger partial charge on any atom is -0.480 e. The van der Waals surface area contributed by atoms with Gasteiger partial charge in [0.1, 0.15) is 6.04 Å². The number of sulfonamides is 1. The molecule has 1 aromatic rings. The molecule has 1 aliphatic heterocycles. The lowest BCUT2D eigenvalue weighted by molar-refractivity contribution is -0.142. The van der Waals surface area contributed by atoms with Crippen LogP contribution in [0.3, 0.4) is 0 Å². The summed E-state index contributed by atoms with van der Waals surface area (Å²) in [6.07, 6.45) is 1.79. The van der Waals surface area contributed by atoms with E-state index in [4.69, 9.17) is 0 Å². The maximum absolute atomic E-state index is 12.6. The number of piperidine rings is 1.